The predicted molar refractivity (Wildman–Crippen MR) is 97.7 cm³/mol. The van der Waals surface area contributed by atoms with Gasteiger partial charge in [0.15, 0.2) is 11.0 Å². The average molecular weight is 316 g/mol. The van der Waals surface area contributed by atoms with Gasteiger partial charge in [-0.15, -0.1) is 0 Å². The molecular formula is C21H22N3+. The molecule has 3 heteroatoms. The van der Waals surface area contributed by atoms with Crippen molar-refractivity contribution in [2.75, 3.05) is 0 Å². The second-order valence-corrected chi connectivity index (χ2v) is 8.20. The van der Waals surface area contributed by atoms with Crippen LogP contribution in [0.2, 0.25) is 0 Å². The Hall–Kier alpha value is -2.42. The minimum atomic E-state index is 0.0693. The number of benzene rings is 1. The van der Waals surface area contributed by atoms with Gasteiger partial charge in [-0.05, 0) is 43.2 Å². The molecule has 0 spiro atoms. The van der Waals surface area contributed by atoms with Crippen molar-refractivity contribution >= 4 is 27.6 Å². The van der Waals surface area contributed by atoms with Crippen LogP contribution < -0.4 is 4.57 Å². The van der Waals surface area contributed by atoms with Gasteiger partial charge in [0.1, 0.15) is 6.54 Å². The summed E-state index contributed by atoms with van der Waals surface area (Å²) in [6, 6.07) is 9.11. The molecule has 0 aliphatic carbocycles. The summed E-state index contributed by atoms with van der Waals surface area (Å²) < 4.78 is 4.78. The van der Waals surface area contributed by atoms with Gasteiger partial charge in [-0.25, -0.2) is 4.57 Å². The maximum Gasteiger partial charge on any atom is 0.297 e. The van der Waals surface area contributed by atoms with Crippen molar-refractivity contribution in [2.24, 2.45) is 0 Å². The van der Waals surface area contributed by atoms with E-state index in [1.165, 1.54) is 44.5 Å². The number of aromatic nitrogens is 3. The topological polar surface area (TPSA) is 21.2 Å². The highest BCUT2D eigenvalue weighted by Gasteiger charge is 2.31. The zero-order valence-electron chi connectivity index (χ0n) is 14.9. The molecule has 0 atom stereocenters. The Morgan fingerprint density at radius 2 is 1.83 bits per heavy atom. The zero-order valence-corrected chi connectivity index (χ0v) is 14.9. The molecule has 5 rings (SSSR count). The van der Waals surface area contributed by atoms with Gasteiger partial charge in [0, 0.05) is 22.7 Å². The molecule has 0 amide bonds. The van der Waals surface area contributed by atoms with Crippen LogP contribution in [0, 0.1) is 13.8 Å². The Bertz CT molecular complexity index is 1170. The van der Waals surface area contributed by atoms with Crippen LogP contribution >= 0.6 is 0 Å². The fourth-order valence-electron chi connectivity index (χ4n) is 3.94. The molecule has 0 radical (unpaired) electrons. The highest BCUT2D eigenvalue weighted by molar-refractivity contribution is 5.97. The molecule has 3 nitrogen and oxygen atoms in total. The minimum Gasteiger partial charge on any atom is -0.252 e. The van der Waals surface area contributed by atoms with Crippen LogP contribution in [-0.4, -0.2) is 9.38 Å². The summed E-state index contributed by atoms with van der Waals surface area (Å²) in [5.74, 6) is 0. The second kappa shape index (κ2) is 4.15. The van der Waals surface area contributed by atoms with Gasteiger partial charge in [0.05, 0.1) is 17.1 Å². The molecule has 4 heterocycles. The summed E-state index contributed by atoms with van der Waals surface area (Å²) in [5.41, 5.74) is 10.4. The maximum absolute atomic E-state index is 4.97. The lowest BCUT2D eigenvalue weighted by atomic mass is 9.90. The van der Waals surface area contributed by atoms with Gasteiger partial charge in [0.25, 0.3) is 5.65 Å². The van der Waals surface area contributed by atoms with E-state index in [0.717, 1.165) is 12.1 Å². The minimum absolute atomic E-state index is 0.0693. The molecule has 0 bridgehead atoms. The summed E-state index contributed by atoms with van der Waals surface area (Å²) in [5, 5.41) is 1.32. The molecule has 0 unspecified atom stereocenters. The molecule has 4 aromatic rings. The molecule has 0 saturated heterocycles. The standard InChI is InChI=1S/C21H22N3/c1-12-8-16-17(9-13(12)2)24-11-14-10-18(21(3,4)5)22-15-6-7-23(16)20(24)19(14)15/h6-10H,11H2,1-5H3/q+1. The van der Waals surface area contributed by atoms with E-state index in [1.807, 2.05) is 0 Å². The smallest absolute Gasteiger partial charge is 0.252 e. The molecule has 0 fully saturated rings. The van der Waals surface area contributed by atoms with E-state index in [0.29, 0.717) is 0 Å². The molecule has 1 aliphatic heterocycles. The van der Waals surface area contributed by atoms with Crippen LogP contribution in [0.25, 0.3) is 27.6 Å². The highest BCUT2D eigenvalue weighted by Crippen LogP contribution is 2.33. The third-order valence-electron chi connectivity index (χ3n) is 5.46. The Morgan fingerprint density at radius 1 is 1.08 bits per heavy atom. The summed E-state index contributed by atoms with van der Waals surface area (Å²) in [6.07, 6.45) is 2.18. The lowest BCUT2D eigenvalue weighted by molar-refractivity contribution is -0.631. The normalized spacial score (nSPS) is 13.9. The van der Waals surface area contributed by atoms with Crippen molar-refractivity contribution in [3.05, 3.63) is 52.8 Å². The number of rotatable bonds is 0. The monoisotopic (exact) mass is 316 g/mol. The van der Waals surface area contributed by atoms with Gasteiger partial charge >= 0.3 is 0 Å². The van der Waals surface area contributed by atoms with Crippen molar-refractivity contribution in [1.82, 2.24) is 9.38 Å². The fraction of sp³-hybridized carbons (Fsp3) is 0.333. The first-order chi connectivity index (χ1) is 11.3. The van der Waals surface area contributed by atoms with E-state index >= 15 is 0 Å². The predicted octanol–water partition coefficient (Wildman–Crippen LogP) is 4.20. The molecular weight excluding hydrogens is 294 g/mol. The number of nitrogens with zero attached hydrogens (tertiary/aromatic N) is 3. The Kier molecular flexibility index (Phi) is 2.42. The van der Waals surface area contributed by atoms with Gasteiger partial charge < -0.3 is 0 Å². The van der Waals surface area contributed by atoms with E-state index in [1.54, 1.807) is 0 Å². The van der Waals surface area contributed by atoms with Gasteiger partial charge in [0.2, 0.25) is 0 Å². The van der Waals surface area contributed by atoms with E-state index in [-0.39, 0.29) is 5.41 Å². The molecule has 1 aliphatic rings. The number of aryl methyl sites for hydroxylation is 2. The van der Waals surface area contributed by atoms with E-state index < -0.39 is 0 Å². The van der Waals surface area contributed by atoms with Crippen LogP contribution in [0.5, 0.6) is 0 Å². The van der Waals surface area contributed by atoms with Crippen LogP contribution in [0.1, 0.15) is 43.2 Å². The molecule has 1 aromatic carbocycles. The lowest BCUT2D eigenvalue weighted by Crippen LogP contribution is -2.30. The Labute approximate surface area is 141 Å². The fourth-order valence-corrected chi connectivity index (χ4v) is 3.94. The Morgan fingerprint density at radius 3 is 2.58 bits per heavy atom. The third-order valence-corrected chi connectivity index (χ3v) is 5.46. The first kappa shape index (κ1) is 14.0. The van der Waals surface area contributed by atoms with Crippen molar-refractivity contribution in [3.8, 4) is 0 Å². The Balaban J connectivity index is 1.96. The number of pyridine rings is 2. The van der Waals surface area contributed by atoms with Gasteiger partial charge in [-0.3, -0.25) is 4.98 Å². The summed E-state index contributed by atoms with van der Waals surface area (Å²) >= 11 is 0. The molecule has 120 valence electrons. The number of imidazole rings is 1. The third kappa shape index (κ3) is 1.62. The van der Waals surface area contributed by atoms with E-state index in [2.05, 4.69) is 74.0 Å². The lowest BCUT2D eigenvalue weighted by Gasteiger charge is -2.18. The van der Waals surface area contributed by atoms with E-state index in [4.69, 9.17) is 4.98 Å². The van der Waals surface area contributed by atoms with Crippen molar-refractivity contribution < 1.29 is 4.57 Å². The average Bonchev–Trinajstić information content (AvgIpc) is 3.02. The van der Waals surface area contributed by atoms with Crippen molar-refractivity contribution in [3.63, 3.8) is 0 Å². The van der Waals surface area contributed by atoms with Gasteiger partial charge in [-0.1, -0.05) is 20.8 Å². The molecule has 0 saturated carbocycles. The quantitative estimate of drug-likeness (QED) is 0.392. The van der Waals surface area contributed by atoms with Crippen LogP contribution in [-0.2, 0) is 12.0 Å². The molecule has 0 N–H and O–H groups in total. The van der Waals surface area contributed by atoms with Crippen molar-refractivity contribution in [2.45, 2.75) is 46.6 Å². The SMILES string of the molecule is Cc1cc2c(cc1C)[n+]1c3c4c(cc(C(C)(C)C)nc4ccn23)C1. The zero-order chi connectivity index (χ0) is 16.8. The largest absolute Gasteiger partial charge is 0.297 e. The summed E-state index contributed by atoms with van der Waals surface area (Å²) in [7, 11) is 0. The number of fused-ring (bicyclic) bond motifs is 3. The molecule has 24 heavy (non-hydrogen) atoms. The maximum atomic E-state index is 4.97. The summed E-state index contributed by atoms with van der Waals surface area (Å²) in [4.78, 5) is 4.97. The highest BCUT2D eigenvalue weighted by atomic mass is 15.1. The van der Waals surface area contributed by atoms with Crippen LogP contribution in [0.3, 0.4) is 0 Å². The number of hydrogen-bond donors (Lipinski definition) is 0. The van der Waals surface area contributed by atoms with E-state index in [9.17, 15) is 0 Å². The van der Waals surface area contributed by atoms with Crippen LogP contribution in [0.15, 0.2) is 30.5 Å². The van der Waals surface area contributed by atoms with Crippen LogP contribution in [0.4, 0.5) is 0 Å². The van der Waals surface area contributed by atoms with Gasteiger partial charge in [-0.2, -0.15) is 4.40 Å². The first-order valence-electron chi connectivity index (χ1n) is 8.62. The first-order valence-corrected chi connectivity index (χ1v) is 8.62. The van der Waals surface area contributed by atoms with Crippen molar-refractivity contribution in [1.29, 1.82) is 0 Å². The second-order valence-electron chi connectivity index (χ2n) is 8.20. The summed E-state index contributed by atoms with van der Waals surface area (Å²) in [6.45, 7) is 12.0. The number of hydrogen-bond acceptors (Lipinski definition) is 1. The molecule has 3 aromatic heterocycles.